The first kappa shape index (κ1) is 14.5. The summed E-state index contributed by atoms with van der Waals surface area (Å²) in [5.74, 6) is 2.13. The Morgan fingerprint density at radius 2 is 2.17 bits per heavy atom. The second-order valence-electron chi connectivity index (χ2n) is 4.45. The van der Waals surface area contributed by atoms with Crippen molar-refractivity contribution in [1.29, 1.82) is 0 Å². The van der Waals surface area contributed by atoms with E-state index >= 15 is 0 Å². The van der Waals surface area contributed by atoms with Crippen LogP contribution in [-0.2, 0) is 0 Å². The molecule has 0 bridgehead atoms. The zero-order valence-electron chi connectivity index (χ0n) is 11.6. The highest BCUT2D eigenvalue weighted by Gasteiger charge is 2.07. The normalized spacial score (nSPS) is 12.2. The molecule has 0 radical (unpaired) electrons. The molecule has 1 unspecified atom stereocenters. The molecule has 1 aromatic heterocycles. The fourth-order valence-corrected chi connectivity index (χ4v) is 1.83. The molecule has 1 heterocycles. The molecule has 0 aliphatic carbocycles. The smallest absolute Gasteiger partial charge is 0.225 e. The third kappa shape index (κ3) is 4.77. The molecule has 18 heavy (non-hydrogen) atoms. The zero-order chi connectivity index (χ0) is 13.4. The fraction of sp³-hybridized carbons (Fsp3) is 0.692. The average molecular weight is 252 g/mol. The van der Waals surface area contributed by atoms with Gasteiger partial charge in [0.15, 0.2) is 0 Å². The predicted octanol–water partition coefficient (Wildman–Crippen LogP) is 2.70. The highest BCUT2D eigenvalue weighted by molar-refractivity contribution is 5.42. The molecule has 1 atom stereocenters. The molecule has 5 nitrogen and oxygen atoms in total. The highest BCUT2D eigenvalue weighted by atomic mass is 16.5. The van der Waals surface area contributed by atoms with Crippen LogP contribution in [0, 0.1) is 5.92 Å². The van der Waals surface area contributed by atoms with Gasteiger partial charge in [-0.15, -0.1) is 0 Å². The lowest BCUT2D eigenvalue weighted by atomic mass is 9.99. The highest BCUT2D eigenvalue weighted by Crippen LogP contribution is 2.17. The van der Waals surface area contributed by atoms with Gasteiger partial charge in [-0.25, -0.2) is 0 Å². The Balaban J connectivity index is 2.53. The Labute approximate surface area is 109 Å². The molecule has 5 heteroatoms. The summed E-state index contributed by atoms with van der Waals surface area (Å²) in [4.78, 5) is 8.10. The number of anilines is 2. The molecule has 0 saturated carbocycles. The minimum Gasteiger partial charge on any atom is -0.481 e. The van der Waals surface area contributed by atoms with Crippen LogP contribution in [0.3, 0.4) is 0 Å². The lowest BCUT2D eigenvalue weighted by Crippen LogP contribution is -2.15. The maximum Gasteiger partial charge on any atom is 0.225 e. The van der Waals surface area contributed by atoms with Crippen molar-refractivity contribution in [2.24, 2.45) is 5.92 Å². The number of nitrogens with two attached hydrogens (primary N) is 1. The Hall–Kier alpha value is -1.52. The van der Waals surface area contributed by atoms with Gasteiger partial charge in [0.2, 0.25) is 11.8 Å². The van der Waals surface area contributed by atoms with Gasteiger partial charge in [0.25, 0.3) is 0 Å². The summed E-state index contributed by atoms with van der Waals surface area (Å²) >= 11 is 0. The maximum atomic E-state index is 5.61. The van der Waals surface area contributed by atoms with Gasteiger partial charge in [0.05, 0.1) is 7.11 Å². The van der Waals surface area contributed by atoms with E-state index in [1.807, 2.05) is 0 Å². The van der Waals surface area contributed by atoms with Crippen molar-refractivity contribution in [2.75, 3.05) is 24.7 Å². The quantitative estimate of drug-likeness (QED) is 0.744. The Morgan fingerprint density at radius 3 is 2.78 bits per heavy atom. The van der Waals surface area contributed by atoms with E-state index in [2.05, 4.69) is 29.1 Å². The lowest BCUT2D eigenvalue weighted by molar-refractivity contribution is 0.398. The minimum atomic E-state index is 0.235. The largest absolute Gasteiger partial charge is 0.481 e. The van der Waals surface area contributed by atoms with Crippen molar-refractivity contribution >= 4 is 11.8 Å². The van der Waals surface area contributed by atoms with Crippen LogP contribution in [0.25, 0.3) is 0 Å². The van der Waals surface area contributed by atoms with Crippen molar-refractivity contribution in [2.45, 2.75) is 39.5 Å². The van der Waals surface area contributed by atoms with Crippen molar-refractivity contribution in [3.8, 4) is 5.88 Å². The van der Waals surface area contributed by atoms with Crippen LogP contribution >= 0.6 is 0 Å². The number of rotatable bonds is 8. The van der Waals surface area contributed by atoms with Crippen LogP contribution in [-0.4, -0.2) is 23.6 Å². The third-order valence-corrected chi connectivity index (χ3v) is 3.04. The van der Waals surface area contributed by atoms with Crippen molar-refractivity contribution in [3.63, 3.8) is 0 Å². The molecular weight excluding hydrogens is 228 g/mol. The molecule has 0 aliphatic heterocycles. The van der Waals surface area contributed by atoms with Crippen LogP contribution in [0.2, 0.25) is 0 Å². The molecule has 0 amide bonds. The van der Waals surface area contributed by atoms with Gasteiger partial charge in [-0.2, -0.15) is 9.97 Å². The molecule has 0 fully saturated rings. The van der Waals surface area contributed by atoms with Crippen LogP contribution in [0.4, 0.5) is 11.8 Å². The Morgan fingerprint density at radius 1 is 1.39 bits per heavy atom. The SMILES string of the molecule is CCCCC(CC)CNc1cc(OC)nc(N)n1. The van der Waals surface area contributed by atoms with E-state index < -0.39 is 0 Å². The summed E-state index contributed by atoms with van der Waals surface area (Å²) in [6.07, 6.45) is 4.93. The standard InChI is InChI=1S/C13H24N4O/c1-4-6-7-10(5-2)9-15-11-8-12(18-3)17-13(14)16-11/h8,10H,4-7,9H2,1-3H3,(H3,14,15,16,17). The summed E-state index contributed by atoms with van der Waals surface area (Å²) in [6.45, 7) is 5.35. The average Bonchev–Trinajstić information content (AvgIpc) is 2.38. The van der Waals surface area contributed by atoms with E-state index in [0.717, 1.165) is 12.4 Å². The van der Waals surface area contributed by atoms with Crippen LogP contribution < -0.4 is 15.8 Å². The van der Waals surface area contributed by atoms with Gasteiger partial charge in [-0.05, 0) is 12.3 Å². The van der Waals surface area contributed by atoms with E-state index in [1.165, 1.54) is 25.7 Å². The van der Waals surface area contributed by atoms with Crippen molar-refractivity contribution in [1.82, 2.24) is 9.97 Å². The first-order valence-corrected chi connectivity index (χ1v) is 6.62. The number of unbranched alkanes of at least 4 members (excludes halogenated alkanes) is 1. The number of nitrogen functional groups attached to an aromatic ring is 1. The molecule has 0 spiro atoms. The number of hydrogen-bond donors (Lipinski definition) is 2. The summed E-state index contributed by atoms with van der Waals surface area (Å²) in [7, 11) is 1.57. The number of hydrogen-bond acceptors (Lipinski definition) is 5. The minimum absolute atomic E-state index is 0.235. The summed E-state index contributed by atoms with van der Waals surface area (Å²) in [5.41, 5.74) is 5.61. The van der Waals surface area contributed by atoms with E-state index in [4.69, 9.17) is 10.5 Å². The van der Waals surface area contributed by atoms with E-state index in [-0.39, 0.29) is 5.95 Å². The Bertz CT molecular complexity index is 357. The van der Waals surface area contributed by atoms with Gasteiger partial charge >= 0.3 is 0 Å². The molecule has 3 N–H and O–H groups in total. The van der Waals surface area contributed by atoms with Crippen molar-refractivity contribution < 1.29 is 4.74 Å². The Kier molecular flexibility index (Phi) is 6.25. The third-order valence-electron chi connectivity index (χ3n) is 3.04. The zero-order valence-corrected chi connectivity index (χ0v) is 11.6. The monoisotopic (exact) mass is 252 g/mol. The van der Waals surface area contributed by atoms with Gasteiger partial charge in [0, 0.05) is 12.6 Å². The van der Waals surface area contributed by atoms with Crippen LogP contribution in [0.15, 0.2) is 6.07 Å². The first-order chi connectivity index (χ1) is 8.69. The number of ether oxygens (including phenoxy) is 1. The summed E-state index contributed by atoms with van der Waals surface area (Å²) in [6, 6.07) is 1.77. The molecule has 1 rings (SSSR count). The maximum absolute atomic E-state index is 5.61. The molecule has 0 aliphatic rings. The molecule has 102 valence electrons. The van der Waals surface area contributed by atoms with Crippen molar-refractivity contribution in [3.05, 3.63) is 6.07 Å². The second kappa shape index (κ2) is 7.74. The molecule has 0 saturated heterocycles. The van der Waals surface area contributed by atoms with Gasteiger partial charge < -0.3 is 15.8 Å². The van der Waals surface area contributed by atoms with Crippen LogP contribution in [0.5, 0.6) is 5.88 Å². The fourth-order valence-electron chi connectivity index (χ4n) is 1.83. The predicted molar refractivity (Wildman–Crippen MR) is 74.8 cm³/mol. The second-order valence-corrected chi connectivity index (χ2v) is 4.45. The first-order valence-electron chi connectivity index (χ1n) is 6.62. The van der Waals surface area contributed by atoms with E-state index in [9.17, 15) is 0 Å². The summed E-state index contributed by atoms with van der Waals surface area (Å²) < 4.78 is 5.06. The van der Waals surface area contributed by atoms with Gasteiger partial charge in [-0.3, -0.25) is 0 Å². The van der Waals surface area contributed by atoms with E-state index in [0.29, 0.717) is 11.8 Å². The topological polar surface area (TPSA) is 73.1 Å². The number of methoxy groups -OCH3 is 1. The van der Waals surface area contributed by atoms with Gasteiger partial charge in [0.1, 0.15) is 5.82 Å². The van der Waals surface area contributed by atoms with Crippen LogP contribution in [0.1, 0.15) is 39.5 Å². The molecule has 0 aromatic carbocycles. The van der Waals surface area contributed by atoms with E-state index in [1.54, 1.807) is 13.2 Å². The van der Waals surface area contributed by atoms with Gasteiger partial charge in [-0.1, -0.05) is 33.1 Å². The number of aromatic nitrogens is 2. The molecule has 1 aromatic rings. The molecular formula is C13H24N4O. The number of nitrogens with zero attached hydrogens (tertiary/aromatic N) is 2. The summed E-state index contributed by atoms with van der Waals surface area (Å²) in [5, 5.41) is 3.31. The lowest BCUT2D eigenvalue weighted by Gasteiger charge is -2.16. The number of nitrogens with one attached hydrogen (secondary N) is 1.